The Morgan fingerprint density at radius 1 is 1.10 bits per heavy atom. The lowest BCUT2D eigenvalue weighted by molar-refractivity contribution is 0.622. The van der Waals surface area contributed by atoms with Gasteiger partial charge in [-0.15, -0.1) is 0 Å². The van der Waals surface area contributed by atoms with Gasteiger partial charge in [-0.3, -0.25) is 9.97 Å². The SMILES string of the molecule is Cc1cc(F)cc(C(N)c2cccc3nccnc23)c1. The second-order valence-corrected chi connectivity index (χ2v) is 4.81. The van der Waals surface area contributed by atoms with E-state index < -0.39 is 6.04 Å². The minimum Gasteiger partial charge on any atom is -0.320 e. The predicted octanol–water partition coefficient (Wildman–Crippen LogP) is 3.13. The molecule has 1 unspecified atom stereocenters. The van der Waals surface area contributed by atoms with Crippen molar-refractivity contribution in [1.29, 1.82) is 0 Å². The molecule has 1 aromatic heterocycles. The van der Waals surface area contributed by atoms with Crippen molar-refractivity contribution in [2.24, 2.45) is 5.73 Å². The Labute approximate surface area is 116 Å². The molecule has 0 aliphatic rings. The zero-order valence-electron chi connectivity index (χ0n) is 11.0. The molecule has 0 fully saturated rings. The van der Waals surface area contributed by atoms with Crippen LogP contribution in [-0.4, -0.2) is 9.97 Å². The minimum absolute atomic E-state index is 0.276. The minimum atomic E-state index is -0.426. The van der Waals surface area contributed by atoms with Gasteiger partial charge >= 0.3 is 0 Å². The summed E-state index contributed by atoms with van der Waals surface area (Å²) in [5.41, 5.74) is 10.3. The van der Waals surface area contributed by atoms with Gasteiger partial charge in [0.2, 0.25) is 0 Å². The summed E-state index contributed by atoms with van der Waals surface area (Å²) in [6, 6.07) is 10.1. The number of rotatable bonds is 2. The standard InChI is InChI=1S/C16H14FN3/c1-10-7-11(9-12(17)8-10)15(18)13-3-2-4-14-16(13)20-6-5-19-14/h2-9,15H,18H2,1H3. The van der Waals surface area contributed by atoms with Crippen LogP contribution in [0, 0.1) is 12.7 Å². The van der Waals surface area contributed by atoms with E-state index in [1.807, 2.05) is 31.2 Å². The van der Waals surface area contributed by atoms with Crippen molar-refractivity contribution in [1.82, 2.24) is 9.97 Å². The molecule has 2 N–H and O–H groups in total. The molecule has 0 aliphatic heterocycles. The molecule has 3 rings (SSSR count). The highest BCUT2D eigenvalue weighted by Gasteiger charge is 2.14. The van der Waals surface area contributed by atoms with E-state index in [1.165, 1.54) is 12.1 Å². The highest BCUT2D eigenvalue weighted by Crippen LogP contribution is 2.26. The molecule has 0 spiro atoms. The number of nitrogens with zero attached hydrogens (tertiary/aromatic N) is 2. The molecular formula is C16H14FN3. The third-order valence-electron chi connectivity index (χ3n) is 3.29. The zero-order chi connectivity index (χ0) is 14.1. The van der Waals surface area contributed by atoms with Gasteiger partial charge in [0.25, 0.3) is 0 Å². The number of hydrogen-bond acceptors (Lipinski definition) is 3. The van der Waals surface area contributed by atoms with Gasteiger partial charge < -0.3 is 5.73 Å². The van der Waals surface area contributed by atoms with Crippen LogP contribution in [0.3, 0.4) is 0 Å². The lowest BCUT2D eigenvalue weighted by atomic mass is 9.97. The Morgan fingerprint density at radius 3 is 2.70 bits per heavy atom. The van der Waals surface area contributed by atoms with Gasteiger partial charge in [0, 0.05) is 18.0 Å². The number of para-hydroxylation sites is 1. The summed E-state index contributed by atoms with van der Waals surface area (Å²) < 4.78 is 13.5. The van der Waals surface area contributed by atoms with Crippen LogP contribution in [-0.2, 0) is 0 Å². The van der Waals surface area contributed by atoms with E-state index >= 15 is 0 Å². The number of fused-ring (bicyclic) bond motifs is 1. The van der Waals surface area contributed by atoms with Crippen molar-refractivity contribution < 1.29 is 4.39 Å². The average molecular weight is 267 g/mol. The van der Waals surface area contributed by atoms with Gasteiger partial charge in [-0.2, -0.15) is 0 Å². The Balaban J connectivity index is 2.15. The highest BCUT2D eigenvalue weighted by atomic mass is 19.1. The van der Waals surface area contributed by atoms with Crippen LogP contribution < -0.4 is 5.73 Å². The molecule has 0 bridgehead atoms. The maximum atomic E-state index is 13.5. The van der Waals surface area contributed by atoms with E-state index in [2.05, 4.69) is 9.97 Å². The molecule has 0 radical (unpaired) electrons. The number of aryl methyl sites for hydroxylation is 1. The summed E-state index contributed by atoms with van der Waals surface area (Å²) >= 11 is 0. The summed E-state index contributed by atoms with van der Waals surface area (Å²) in [6.07, 6.45) is 3.28. The molecule has 100 valence electrons. The number of aromatic nitrogens is 2. The van der Waals surface area contributed by atoms with Crippen molar-refractivity contribution in [2.45, 2.75) is 13.0 Å². The number of hydrogen-bond donors (Lipinski definition) is 1. The van der Waals surface area contributed by atoms with Gasteiger partial charge in [-0.1, -0.05) is 18.2 Å². The first kappa shape index (κ1) is 12.7. The fourth-order valence-corrected chi connectivity index (χ4v) is 2.39. The van der Waals surface area contributed by atoms with Crippen LogP contribution in [0.15, 0.2) is 48.8 Å². The largest absolute Gasteiger partial charge is 0.320 e. The second kappa shape index (κ2) is 4.98. The van der Waals surface area contributed by atoms with Gasteiger partial charge in [-0.05, 0) is 36.2 Å². The Morgan fingerprint density at radius 2 is 1.90 bits per heavy atom. The normalized spacial score (nSPS) is 12.6. The van der Waals surface area contributed by atoms with E-state index in [9.17, 15) is 4.39 Å². The van der Waals surface area contributed by atoms with Crippen molar-refractivity contribution in [3.63, 3.8) is 0 Å². The summed E-state index contributed by atoms with van der Waals surface area (Å²) in [7, 11) is 0. The van der Waals surface area contributed by atoms with E-state index in [0.717, 1.165) is 27.7 Å². The molecular weight excluding hydrogens is 253 g/mol. The number of benzene rings is 2. The molecule has 0 saturated carbocycles. The summed E-state index contributed by atoms with van der Waals surface area (Å²) in [4.78, 5) is 8.60. The molecule has 4 heteroatoms. The fourth-order valence-electron chi connectivity index (χ4n) is 2.39. The summed E-state index contributed by atoms with van der Waals surface area (Å²) in [6.45, 7) is 1.85. The lowest BCUT2D eigenvalue weighted by Gasteiger charge is -2.15. The van der Waals surface area contributed by atoms with Crippen LogP contribution in [0.1, 0.15) is 22.7 Å². The fraction of sp³-hybridized carbons (Fsp3) is 0.125. The maximum absolute atomic E-state index is 13.5. The van der Waals surface area contributed by atoms with E-state index in [0.29, 0.717) is 0 Å². The monoisotopic (exact) mass is 267 g/mol. The topological polar surface area (TPSA) is 51.8 Å². The lowest BCUT2D eigenvalue weighted by Crippen LogP contribution is -2.13. The summed E-state index contributed by atoms with van der Waals surface area (Å²) in [5.74, 6) is -0.276. The molecule has 2 aromatic carbocycles. The highest BCUT2D eigenvalue weighted by molar-refractivity contribution is 5.78. The first-order valence-corrected chi connectivity index (χ1v) is 6.37. The van der Waals surface area contributed by atoms with E-state index in [1.54, 1.807) is 12.4 Å². The van der Waals surface area contributed by atoms with Crippen molar-refractivity contribution in [3.8, 4) is 0 Å². The van der Waals surface area contributed by atoms with E-state index in [4.69, 9.17) is 5.73 Å². The first-order valence-electron chi connectivity index (χ1n) is 6.37. The van der Waals surface area contributed by atoms with Crippen molar-refractivity contribution in [2.75, 3.05) is 0 Å². The molecule has 0 amide bonds. The smallest absolute Gasteiger partial charge is 0.123 e. The van der Waals surface area contributed by atoms with Gasteiger partial charge in [0.15, 0.2) is 0 Å². The molecule has 3 nitrogen and oxygen atoms in total. The maximum Gasteiger partial charge on any atom is 0.123 e. The predicted molar refractivity (Wildman–Crippen MR) is 76.7 cm³/mol. The van der Waals surface area contributed by atoms with Gasteiger partial charge in [0.1, 0.15) is 5.82 Å². The van der Waals surface area contributed by atoms with Gasteiger partial charge in [-0.25, -0.2) is 4.39 Å². The summed E-state index contributed by atoms with van der Waals surface area (Å²) in [5, 5.41) is 0. The average Bonchev–Trinajstić information content (AvgIpc) is 2.45. The Bertz CT molecular complexity index is 745. The second-order valence-electron chi connectivity index (χ2n) is 4.81. The Kier molecular flexibility index (Phi) is 3.16. The quantitative estimate of drug-likeness (QED) is 0.776. The van der Waals surface area contributed by atoms with Crippen LogP contribution in [0.4, 0.5) is 4.39 Å². The Hall–Kier alpha value is -2.33. The first-order chi connectivity index (χ1) is 9.65. The van der Waals surface area contributed by atoms with Crippen LogP contribution >= 0.6 is 0 Å². The van der Waals surface area contributed by atoms with Crippen molar-refractivity contribution >= 4 is 11.0 Å². The molecule has 0 aliphatic carbocycles. The van der Waals surface area contributed by atoms with Crippen LogP contribution in [0.2, 0.25) is 0 Å². The third kappa shape index (κ3) is 2.26. The number of nitrogens with two attached hydrogens (primary N) is 1. The van der Waals surface area contributed by atoms with Crippen LogP contribution in [0.5, 0.6) is 0 Å². The molecule has 0 saturated heterocycles. The number of halogens is 1. The molecule has 3 aromatic rings. The third-order valence-corrected chi connectivity index (χ3v) is 3.29. The van der Waals surface area contributed by atoms with Crippen molar-refractivity contribution in [3.05, 3.63) is 71.3 Å². The van der Waals surface area contributed by atoms with Gasteiger partial charge in [0.05, 0.1) is 17.1 Å². The molecule has 1 atom stereocenters. The zero-order valence-corrected chi connectivity index (χ0v) is 11.0. The molecule has 20 heavy (non-hydrogen) atoms. The van der Waals surface area contributed by atoms with E-state index in [-0.39, 0.29) is 5.82 Å². The van der Waals surface area contributed by atoms with Crippen LogP contribution in [0.25, 0.3) is 11.0 Å². The molecule has 1 heterocycles.